The number of nitriles is 1. The number of imide groups is 1. The number of carbonyl (C=O) groups excluding carboxylic acids is 3. The molecule has 4 rings (SSSR count). The van der Waals surface area contributed by atoms with Gasteiger partial charge in [-0.25, -0.2) is 4.90 Å². The number of rotatable bonds is 6. The SMILES string of the molecule is CCOc1ccc(N2C(=O)c3ccc(C(=O)N(CC#N)C4CC4)cc3C2=O)cc1. The maximum atomic E-state index is 12.9. The molecule has 2 aromatic carbocycles. The first-order valence-electron chi connectivity index (χ1n) is 9.48. The van der Waals surface area contributed by atoms with Crippen LogP contribution in [0.15, 0.2) is 42.5 Å². The van der Waals surface area contributed by atoms with E-state index in [-0.39, 0.29) is 29.6 Å². The lowest BCUT2D eigenvalue weighted by Crippen LogP contribution is -2.33. The van der Waals surface area contributed by atoms with Crippen molar-refractivity contribution < 1.29 is 19.1 Å². The molecule has 146 valence electrons. The van der Waals surface area contributed by atoms with Gasteiger partial charge >= 0.3 is 0 Å². The van der Waals surface area contributed by atoms with Gasteiger partial charge in [-0.15, -0.1) is 0 Å². The van der Waals surface area contributed by atoms with Crippen LogP contribution in [0.3, 0.4) is 0 Å². The highest BCUT2D eigenvalue weighted by Crippen LogP contribution is 2.32. The van der Waals surface area contributed by atoms with Crippen molar-refractivity contribution in [1.82, 2.24) is 4.90 Å². The second kappa shape index (κ2) is 7.40. The average Bonchev–Trinajstić information content (AvgIpc) is 3.54. The fourth-order valence-corrected chi connectivity index (χ4v) is 3.46. The first-order valence-corrected chi connectivity index (χ1v) is 9.48. The van der Waals surface area contributed by atoms with Gasteiger partial charge < -0.3 is 9.64 Å². The first kappa shape index (κ1) is 18.7. The number of benzene rings is 2. The molecule has 1 fully saturated rings. The Balaban J connectivity index is 1.62. The third kappa shape index (κ3) is 3.34. The molecule has 0 aromatic heterocycles. The molecular weight excluding hydrogens is 370 g/mol. The molecule has 29 heavy (non-hydrogen) atoms. The van der Waals surface area contributed by atoms with Gasteiger partial charge in [-0.3, -0.25) is 14.4 Å². The van der Waals surface area contributed by atoms with Gasteiger partial charge in [0.2, 0.25) is 0 Å². The van der Waals surface area contributed by atoms with Gasteiger partial charge in [0.05, 0.1) is 29.5 Å². The van der Waals surface area contributed by atoms with Crippen molar-refractivity contribution in [2.75, 3.05) is 18.1 Å². The molecule has 0 spiro atoms. The summed E-state index contributed by atoms with van der Waals surface area (Å²) in [6.45, 7) is 2.40. The van der Waals surface area contributed by atoms with E-state index in [9.17, 15) is 14.4 Å². The summed E-state index contributed by atoms with van der Waals surface area (Å²) in [6.07, 6.45) is 1.75. The van der Waals surface area contributed by atoms with E-state index in [1.165, 1.54) is 17.0 Å². The summed E-state index contributed by atoms with van der Waals surface area (Å²) in [7, 11) is 0. The second-order valence-corrected chi connectivity index (χ2v) is 6.96. The Kier molecular flexibility index (Phi) is 4.77. The maximum absolute atomic E-state index is 12.9. The predicted octanol–water partition coefficient (Wildman–Crippen LogP) is 3.01. The van der Waals surface area contributed by atoms with Gasteiger partial charge in [0.1, 0.15) is 12.3 Å². The van der Waals surface area contributed by atoms with Crippen molar-refractivity contribution >= 4 is 23.4 Å². The Hall–Kier alpha value is -3.66. The lowest BCUT2D eigenvalue weighted by Gasteiger charge is -2.19. The average molecular weight is 389 g/mol. The number of amides is 3. The van der Waals surface area contributed by atoms with Crippen LogP contribution in [0.1, 0.15) is 50.8 Å². The van der Waals surface area contributed by atoms with Crippen molar-refractivity contribution in [3.63, 3.8) is 0 Å². The van der Waals surface area contributed by atoms with Crippen LogP contribution in [-0.4, -0.2) is 41.8 Å². The molecule has 1 aliphatic carbocycles. The van der Waals surface area contributed by atoms with Gasteiger partial charge in [-0.2, -0.15) is 5.26 Å². The largest absolute Gasteiger partial charge is 0.494 e. The summed E-state index contributed by atoms with van der Waals surface area (Å²) in [6, 6.07) is 13.3. The minimum absolute atomic E-state index is 0.00572. The van der Waals surface area contributed by atoms with E-state index in [1.807, 2.05) is 13.0 Å². The van der Waals surface area contributed by atoms with Crippen LogP contribution in [0.2, 0.25) is 0 Å². The summed E-state index contributed by atoms with van der Waals surface area (Å²) in [5, 5.41) is 9.00. The Morgan fingerprint density at radius 2 is 1.83 bits per heavy atom. The first-order chi connectivity index (χ1) is 14.0. The Labute approximate surface area is 168 Å². The molecule has 0 atom stereocenters. The summed E-state index contributed by atoms with van der Waals surface area (Å²) in [5.74, 6) is -0.540. The van der Waals surface area contributed by atoms with Crippen molar-refractivity contribution in [2.45, 2.75) is 25.8 Å². The quantitative estimate of drug-likeness (QED) is 0.559. The van der Waals surface area contributed by atoms with E-state index in [1.54, 1.807) is 30.3 Å². The monoisotopic (exact) mass is 389 g/mol. The van der Waals surface area contributed by atoms with Crippen molar-refractivity contribution in [2.24, 2.45) is 0 Å². The standard InChI is InChI=1S/C22H19N3O4/c1-2-29-17-8-6-16(7-9-17)25-21(27)18-10-3-14(13-19(18)22(25)28)20(26)24(12-11-23)15-4-5-15/h3,6-10,13,15H,2,4-5,12H2,1H3. The lowest BCUT2D eigenvalue weighted by atomic mass is 10.0. The molecule has 0 bridgehead atoms. The zero-order valence-corrected chi connectivity index (χ0v) is 15.9. The van der Waals surface area contributed by atoms with Crippen LogP contribution in [-0.2, 0) is 0 Å². The van der Waals surface area contributed by atoms with Crippen LogP contribution in [0.5, 0.6) is 5.75 Å². The zero-order valence-electron chi connectivity index (χ0n) is 15.9. The third-order valence-electron chi connectivity index (χ3n) is 5.03. The summed E-state index contributed by atoms with van der Waals surface area (Å²) >= 11 is 0. The summed E-state index contributed by atoms with van der Waals surface area (Å²) < 4.78 is 5.39. The van der Waals surface area contributed by atoms with Crippen LogP contribution >= 0.6 is 0 Å². The van der Waals surface area contributed by atoms with Gasteiger partial charge in [-0.1, -0.05) is 0 Å². The van der Waals surface area contributed by atoms with Crippen LogP contribution in [0.25, 0.3) is 0 Å². The molecule has 7 heteroatoms. The number of nitrogens with zero attached hydrogens (tertiary/aromatic N) is 3. The van der Waals surface area contributed by atoms with E-state index in [2.05, 4.69) is 0 Å². The van der Waals surface area contributed by atoms with E-state index < -0.39 is 11.8 Å². The lowest BCUT2D eigenvalue weighted by molar-refractivity contribution is 0.0764. The highest BCUT2D eigenvalue weighted by molar-refractivity contribution is 6.34. The molecule has 1 heterocycles. The topological polar surface area (TPSA) is 90.7 Å². The third-order valence-corrected chi connectivity index (χ3v) is 5.03. The minimum atomic E-state index is -0.470. The fourth-order valence-electron chi connectivity index (χ4n) is 3.46. The molecule has 0 unspecified atom stereocenters. The molecule has 1 aliphatic heterocycles. The number of anilines is 1. The highest BCUT2D eigenvalue weighted by Gasteiger charge is 2.38. The molecular formula is C22H19N3O4. The Morgan fingerprint density at radius 3 is 2.45 bits per heavy atom. The van der Waals surface area contributed by atoms with Gasteiger partial charge in [0, 0.05) is 11.6 Å². The number of hydrogen-bond donors (Lipinski definition) is 0. The smallest absolute Gasteiger partial charge is 0.266 e. The van der Waals surface area contributed by atoms with E-state index >= 15 is 0 Å². The van der Waals surface area contributed by atoms with Crippen LogP contribution in [0.4, 0.5) is 5.69 Å². The van der Waals surface area contributed by atoms with Crippen molar-refractivity contribution in [1.29, 1.82) is 5.26 Å². The molecule has 1 saturated carbocycles. The van der Waals surface area contributed by atoms with Crippen molar-refractivity contribution in [3.05, 3.63) is 59.2 Å². The zero-order chi connectivity index (χ0) is 20.5. The molecule has 7 nitrogen and oxygen atoms in total. The molecule has 2 aliphatic rings. The van der Waals surface area contributed by atoms with Crippen LogP contribution < -0.4 is 9.64 Å². The summed E-state index contributed by atoms with van der Waals surface area (Å²) in [5.41, 5.74) is 1.21. The van der Waals surface area contributed by atoms with Crippen LogP contribution in [0, 0.1) is 11.3 Å². The van der Waals surface area contributed by atoms with Gasteiger partial charge in [-0.05, 0) is 62.2 Å². The van der Waals surface area contributed by atoms with E-state index in [0.29, 0.717) is 23.6 Å². The predicted molar refractivity (Wildman–Crippen MR) is 105 cm³/mol. The Bertz CT molecular complexity index is 1040. The number of hydrogen-bond acceptors (Lipinski definition) is 5. The normalized spacial score (nSPS) is 15.1. The highest BCUT2D eigenvalue weighted by atomic mass is 16.5. The van der Waals surface area contributed by atoms with Crippen molar-refractivity contribution in [3.8, 4) is 11.8 Å². The number of carbonyl (C=O) groups is 3. The molecule has 0 radical (unpaired) electrons. The maximum Gasteiger partial charge on any atom is 0.266 e. The number of ether oxygens (including phenoxy) is 1. The molecule has 0 saturated heterocycles. The van der Waals surface area contributed by atoms with Gasteiger partial charge in [0.25, 0.3) is 17.7 Å². The summed E-state index contributed by atoms with van der Waals surface area (Å²) in [4.78, 5) is 41.1. The van der Waals surface area contributed by atoms with E-state index in [0.717, 1.165) is 17.7 Å². The molecule has 3 amide bonds. The van der Waals surface area contributed by atoms with Gasteiger partial charge in [0.15, 0.2) is 0 Å². The molecule has 2 aromatic rings. The second-order valence-electron chi connectivity index (χ2n) is 6.96. The Morgan fingerprint density at radius 1 is 1.14 bits per heavy atom. The van der Waals surface area contributed by atoms with E-state index in [4.69, 9.17) is 10.00 Å². The number of fused-ring (bicyclic) bond motifs is 1. The molecule has 0 N–H and O–H groups in total. The minimum Gasteiger partial charge on any atom is -0.494 e. The fraction of sp³-hybridized carbons (Fsp3) is 0.273.